The standard InChI is InChI=1S/C8H15NO.C3H7NO/c1-7(2)8(10)9-5-3-4-6-9;1-3(5)4-2/h7H,3-6H2,1-2H3;1-2H3,(H,4,5). The molecule has 0 unspecified atom stereocenters. The molecule has 0 aromatic carbocycles. The largest absolute Gasteiger partial charge is 0.359 e. The number of likely N-dealkylation sites (tertiary alicyclic amines) is 1. The van der Waals surface area contributed by atoms with Crippen LogP contribution in [0.5, 0.6) is 0 Å². The number of carbonyl (C=O) groups is 2. The van der Waals surface area contributed by atoms with Gasteiger partial charge in [-0.05, 0) is 12.8 Å². The molecule has 0 bridgehead atoms. The Morgan fingerprint density at radius 3 is 1.87 bits per heavy atom. The lowest BCUT2D eigenvalue weighted by Gasteiger charge is -2.17. The Hall–Kier alpha value is -1.06. The molecular formula is C11H22N2O2. The summed E-state index contributed by atoms with van der Waals surface area (Å²) >= 11 is 0. The SMILES string of the molecule is CC(C)C(=O)N1CCCC1.CNC(C)=O. The predicted octanol–water partition coefficient (Wildman–Crippen LogP) is 1.02. The number of hydrogen-bond donors (Lipinski definition) is 1. The van der Waals surface area contributed by atoms with Crippen molar-refractivity contribution in [1.82, 2.24) is 10.2 Å². The Kier molecular flexibility index (Phi) is 6.75. The number of amides is 2. The van der Waals surface area contributed by atoms with Crippen molar-refractivity contribution < 1.29 is 9.59 Å². The first-order valence-electron chi connectivity index (χ1n) is 5.46. The third kappa shape index (κ3) is 6.10. The molecule has 0 atom stereocenters. The van der Waals surface area contributed by atoms with Gasteiger partial charge >= 0.3 is 0 Å². The molecule has 0 spiro atoms. The highest BCUT2D eigenvalue weighted by molar-refractivity contribution is 5.78. The van der Waals surface area contributed by atoms with Crippen LogP contribution in [0.4, 0.5) is 0 Å². The van der Waals surface area contributed by atoms with E-state index >= 15 is 0 Å². The molecule has 2 amide bonds. The van der Waals surface area contributed by atoms with Gasteiger partial charge in [0, 0.05) is 33.0 Å². The smallest absolute Gasteiger partial charge is 0.225 e. The number of nitrogens with zero attached hydrogens (tertiary/aromatic N) is 1. The summed E-state index contributed by atoms with van der Waals surface area (Å²) in [4.78, 5) is 22.9. The van der Waals surface area contributed by atoms with Crippen molar-refractivity contribution in [2.75, 3.05) is 20.1 Å². The molecule has 1 saturated heterocycles. The summed E-state index contributed by atoms with van der Waals surface area (Å²) in [6.45, 7) is 7.36. The van der Waals surface area contributed by atoms with Crippen LogP contribution in [0, 0.1) is 5.92 Å². The lowest BCUT2D eigenvalue weighted by molar-refractivity contribution is -0.133. The van der Waals surface area contributed by atoms with Gasteiger partial charge in [0.2, 0.25) is 11.8 Å². The molecule has 0 aromatic rings. The molecule has 4 heteroatoms. The van der Waals surface area contributed by atoms with Crippen molar-refractivity contribution in [2.24, 2.45) is 5.92 Å². The summed E-state index contributed by atoms with van der Waals surface area (Å²) in [6.07, 6.45) is 2.39. The Labute approximate surface area is 92.0 Å². The highest BCUT2D eigenvalue weighted by Gasteiger charge is 2.19. The molecule has 0 aliphatic carbocycles. The van der Waals surface area contributed by atoms with Gasteiger partial charge in [0.1, 0.15) is 0 Å². The molecule has 1 rings (SSSR count). The maximum Gasteiger partial charge on any atom is 0.225 e. The average Bonchev–Trinajstić information content (AvgIpc) is 2.70. The van der Waals surface area contributed by atoms with Crippen LogP contribution in [0.1, 0.15) is 33.6 Å². The van der Waals surface area contributed by atoms with Gasteiger partial charge < -0.3 is 10.2 Å². The number of hydrogen-bond acceptors (Lipinski definition) is 2. The first-order chi connectivity index (χ1) is 6.99. The molecule has 1 heterocycles. The minimum absolute atomic E-state index is 0.00463. The van der Waals surface area contributed by atoms with Crippen LogP contribution in [0.25, 0.3) is 0 Å². The zero-order chi connectivity index (χ0) is 11.8. The molecule has 0 radical (unpaired) electrons. The summed E-state index contributed by atoms with van der Waals surface area (Å²) in [5.74, 6) is 0.501. The highest BCUT2D eigenvalue weighted by Crippen LogP contribution is 2.10. The third-order valence-corrected chi connectivity index (χ3v) is 2.26. The fourth-order valence-corrected chi connectivity index (χ4v) is 1.30. The Bertz CT molecular complexity index is 209. The molecule has 88 valence electrons. The maximum absolute atomic E-state index is 11.3. The Balaban J connectivity index is 0.000000336. The quantitative estimate of drug-likeness (QED) is 0.708. The molecule has 0 aromatic heterocycles. The lowest BCUT2D eigenvalue weighted by Crippen LogP contribution is -2.31. The molecule has 1 aliphatic heterocycles. The van der Waals surface area contributed by atoms with E-state index in [1.807, 2.05) is 18.7 Å². The number of rotatable bonds is 1. The summed E-state index contributed by atoms with van der Waals surface area (Å²) in [7, 11) is 1.60. The van der Waals surface area contributed by atoms with Crippen LogP contribution in [0.15, 0.2) is 0 Å². The normalized spacial score (nSPS) is 14.6. The Morgan fingerprint density at radius 2 is 1.60 bits per heavy atom. The van der Waals surface area contributed by atoms with Crippen LogP contribution in [-0.4, -0.2) is 36.9 Å². The molecule has 15 heavy (non-hydrogen) atoms. The predicted molar refractivity (Wildman–Crippen MR) is 60.4 cm³/mol. The highest BCUT2D eigenvalue weighted by atomic mass is 16.2. The van der Waals surface area contributed by atoms with Gasteiger partial charge in [0.15, 0.2) is 0 Å². The third-order valence-electron chi connectivity index (χ3n) is 2.26. The summed E-state index contributed by atoms with van der Waals surface area (Å²) in [5, 5.41) is 2.39. The molecule has 1 fully saturated rings. The molecule has 4 nitrogen and oxygen atoms in total. The Morgan fingerprint density at radius 1 is 1.20 bits per heavy atom. The van der Waals surface area contributed by atoms with E-state index in [2.05, 4.69) is 5.32 Å². The van der Waals surface area contributed by atoms with Crippen molar-refractivity contribution in [3.63, 3.8) is 0 Å². The van der Waals surface area contributed by atoms with Crippen molar-refractivity contribution in [3.05, 3.63) is 0 Å². The first kappa shape index (κ1) is 13.9. The van der Waals surface area contributed by atoms with E-state index < -0.39 is 0 Å². The zero-order valence-corrected chi connectivity index (χ0v) is 10.2. The lowest BCUT2D eigenvalue weighted by atomic mass is 10.2. The van der Waals surface area contributed by atoms with Gasteiger partial charge in [0.05, 0.1) is 0 Å². The van der Waals surface area contributed by atoms with Gasteiger partial charge in [-0.1, -0.05) is 13.8 Å². The van der Waals surface area contributed by atoms with Gasteiger partial charge in [-0.25, -0.2) is 0 Å². The zero-order valence-electron chi connectivity index (χ0n) is 10.2. The summed E-state index contributed by atoms with van der Waals surface area (Å²) in [5.41, 5.74) is 0. The van der Waals surface area contributed by atoms with E-state index in [9.17, 15) is 9.59 Å². The van der Waals surface area contributed by atoms with Crippen LogP contribution < -0.4 is 5.32 Å². The maximum atomic E-state index is 11.3. The number of nitrogens with one attached hydrogen (secondary N) is 1. The van der Waals surface area contributed by atoms with E-state index in [4.69, 9.17) is 0 Å². The summed E-state index contributed by atoms with van der Waals surface area (Å²) in [6, 6.07) is 0. The molecule has 1 N–H and O–H groups in total. The van der Waals surface area contributed by atoms with E-state index in [1.165, 1.54) is 19.8 Å². The van der Waals surface area contributed by atoms with Crippen molar-refractivity contribution >= 4 is 11.8 Å². The fourth-order valence-electron chi connectivity index (χ4n) is 1.30. The van der Waals surface area contributed by atoms with Crippen LogP contribution in [0.3, 0.4) is 0 Å². The van der Waals surface area contributed by atoms with Gasteiger partial charge in [-0.3, -0.25) is 9.59 Å². The molecular weight excluding hydrogens is 192 g/mol. The van der Waals surface area contributed by atoms with Crippen LogP contribution >= 0.6 is 0 Å². The first-order valence-corrected chi connectivity index (χ1v) is 5.46. The second kappa shape index (κ2) is 7.26. The van der Waals surface area contributed by atoms with E-state index in [-0.39, 0.29) is 11.8 Å². The van der Waals surface area contributed by atoms with Crippen LogP contribution in [0.2, 0.25) is 0 Å². The molecule has 1 aliphatic rings. The monoisotopic (exact) mass is 214 g/mol. The van der Waals surface area contributed by atoms with E-state index in [0.29, 0.717) is 5.91 Å². The second-order valence-corrected chi connectivity index (χ2v) is 3.99. The topological polar surface area (TPSA) is 49.4 Å². The molecule has 0 saturated carbocycles. The van der Waals surface area contributed by atoms with Gasteiger partial charge in [-0.2, -0.15) is 0 Å². The minimum atomic E-state index is 0.00463. The van der Waals surface area contributed by atoms with Crippen molar-refractivity contribution in [3.8, 4) is 0 Å². The summed E-state index contributed by atoms with van der Waals surface area (Å²) < 4.78 is 0. The second-order valence-electron chi connectivity index (χ2n) is 3.99. The van der Waals surface area contributed by atoms with Crippen molar-refractivity contribution in [1.29, 1.82) is 0 Å². The van der Waals surface area contributed by atoms with E-state index in [0.717, 1.165) is 13.1 Å². The van der Waals surface area contributed by atoms with Crippen LogP contribution in [-0.2, 0) is 9.59 Å². The van der Waals surface area contributed by atoms with Crippen molar-refractivity contribution in [2.45, 2.75) is 33.6 Å². The van der Waals surface area contributed by atoms with E-state index in [1.54, 1.807) is 7.05 Å². The minimum Gasteiger partial charge on any atom is -0.359 e. The van der Waals surface area contributed by atoms with Gasteiger partial charge in [-0.15, -0.1) is 0 Å². The van der Waals surface area contributed by atoms with Gasteiger partial charge in [0.25, 0.3) is 0 Å². The average molecular weight is 214 g/mol. The fraction of sp³-hybridized carbons (Fsp3) is 0.818. The number of carbonyl (C=O) groups excluding carboxylic acids is 2.